The molecule has 0 aliphatic heterocycles. The van der Waals surface area contributed by atoms with E-state index in [-0.39, 0.29) is 5.78 Å². The molecular weight excluding hydrogens is 290 g/mol. The Morgan fingerprint density at radius 2 is 2.00 bits per heavy atom. The highest BCUT2D eigenvalue weighted by atomic mass is 16.5. The quantitative estimate of drug-likeness (QED) is 0.770. The fourth-order valence-corrected chi connectivity index (χ4v) is 2.38. The molecule has 2 aromatic rings. The zero-order valence-corrected chi connectivity index (χ0v) is 14.5. The standard InChI is InChI=1S/C18H27N3O2/c1-18(2,3)17(22)16-12-13-11-14(5-6-15(13)20-16)23-10-9-21(4)8-7-19/h5-6,11-12,20H,7-10,19H2,1-4H3. The van der Waals surface area contributed by atoms with Gasteiger partial charge in [0, 0.05) is 36.0 Å². The van der Waals surface area contributed by atoms with Gasteiger partial charge >= 0.3 is 0 Å². The number of hydrogen-bond acceptors (Lipinski definition) is 4. The number of nitrogens with two attached hydrogens (primary N) is 1. The number of likely N-dealkylation sites (N-methyl/N-ethyl adjacent to an activating group) is 1. The van der Waals surface area contributed by atoms with E-state index in [1.807, 2.05) is 52.1 Å². The van der Waals surface area contributed by atoms with E-state index in [0.29, 0.717) is 18.8 Å². The van der Waals surface area contributed by atoms with Gasteiger partial charge in [-0.25, -0.2) is 0 Å². The second kappa shape index (κ2) is 7.15. The molecule has 23 heavy (non-hydrogen) atoms. The number of ketones is 1. The Labute approximate surface area is 137 Å². The van der Waals surface area contributed by atoms with Crippen LogP contribution in [0, 0.1) is 5.41 Å². The first-order valence-corrected chi connectivity index (χ1v) is 8.00. The van der Waals surface area contributed by atoms with E-state index in [1.54, 1.807) is 0 Å². The van der Waals surface area contributed by atoms with Crippen molar-refractivity contribution >= 4 is 16.7 Å². The minimum absolute atomic E-state index is 0.111. The summed E-state index contributed by atoms with van der Waals surface area (Å²) in [5.41, 5.74) is 6.72. The summed E-state index contributed by atoms with van der Waals surface area (Å²) >= 11 is 0. The van der Waals surface area contributed by atoms with E-state index < -0.39 is 5.41 Å². The number of ether oxygens (including phenoxy) is 1. The number of aromatic nitrogens is 1. The zero-order chi connectivity index (χ0) is 17.0. The van der Waals surface area contributed by atoms with Gasteiger partial charge in [0.1, 0.15) is 12.4 Å². The van der Waals surface area contributed by atoms with Crippen LogP contribution in [0.4, 0.5) is 0 Å². The van der Waals surface area contributed by atoms with Gasteiger partial charge in [-0.2, -0.15) is 0 Å². The summed E-state index contributed by atoms with van der Waals surface area (Å²) in [4.78, 5) is 17.7. The number of carbonyl (C=O) groups is 1. The average molecular weight is 317 g/mol. The Morgan fingerprint density at radius 1 is 1.26 bits per heavy atom. The summed E-state index contributed by atoms with van der Waals surface area (Å²) < 4.78 is 5.79. The molecule has 1 heterocycles. The molecule has 0 spiro atoms. The second-order valence-corrected chi connectivity index (χ2v) is 6.95. The lowest BCUT2D eigenvalue weighted by atomic mass is 9.89. The van der Waals surface area contributed by atoms with Gasteiger partial charge < -0.3 is 20.4 Å². The van der Waals surface area contributed by atoms with Crippen molar-refractivity contribution in [1.29, 1.82) is 0 Å². The van der Waals surface area contributed by atoms with Crippen LogP contribution in [0.25, 0.3) is 10.9 Å². The fourth-order valence-electron chi connectivity index (χ4n) is 2.38. The molecule has 0 aliphatic rings. The minimum Gasteiger partial charge on any atom is -0.492 e. The van der Waals surface area contributed by atoms with E-state index in [4.69, 9.17) is 10.5 Å². The van der Waals surface area contributed by atoms with Crippen LogP contribution in [0.1, 0.15) is 31.3 Å². The third kappa shape index (κ3) is 4.56. The van der Waals surface area contributed by atoms with Crippen LogP contribution in [0.2, 0.25) is 0 Å². The van der Waals surface area contributed by atoms with Crippen molar-refractivity contribution < 1.29 is 9.53 Å². The highest BCUT2D eigenvalue weighted by Crippen LogP contribution is 2.26. The molecule has 0 saturated carbocycles. The van der Waals surface area contributed by atoms with Crippen LogP contribution in [0.3, 0.4) is 0 Å². The van der Waals surface area contributed by atoms with Crippen LogP contribution in [0.15, 0.2) is 24.3 Å². The van der Waals surface area contributed by atoms with Gasteiger partial charge in [-0.3, -0.25) is 4.79 Å². The van der Waals surface area contributed by atoms with Gasteiger partial charge in [0.05, 0.1) is 5.69 Å². The molecular formula is C18H27N3O2. The third-order valence-electron chi connectivity index (χ3n) is 3.77. The van der Waals surface area contributed by atoms with Crippen LogP contribution >= 0.6 is 0 Å². The summed E-state index contributed by atoms with van der Waals surface area (Å²) in [6.07, 6.45) is 0. The summed E-state index contributed by atoms with van der Waals surface area (Å²) in [5, 5.41) is 0.991. The topological polar surface area (TPSA) is 71.3 Å². The third-order valence-corrected chi connectivity index (χ3v) is 3.77. The Kier molecular flexibility index (Phi) is 5.44. The van der Waals surface area contributed by atoms with Gasteiger partial charge in [0.25, 0.3) is 0 Å². The van der Waals surface area contributed by atoms with Crippen LogP contribution in [0.5, 0.6) is 5.75 Å². The molecule has 126 valence electrons. The number of aromatic amines is 1. The van der Waals surface area contributed by atoms with Crippen molar-refractivity contribution in [3.8, 4) is 5.75 Å². The molecule has 0 fully saturated rings. The van der Waals surface area contributed by atoms with Gasteiger partial charge in [0.2, 0.25) is 0 Å². The van der Waals surface area contributed by atoms with E-state index in [2.05, 4.69) is 9.88 Å². The smallest absolute Gasteiger partial charge is 0.184 e. The Morgan fingerprint density at radius 3 is 2.65 bits per heavy atom. The second-order valence-electron chi connectivity index (χ2n) is 6.95. The number of hydrogen-bond donors (Lipinski definition) is 2. The first-order valence-electron chi connectivity index (χ1n) is 8.00. The monoisotopic (exact) mass is 317 g/mol. The Balaban J connectivity index is 2.06. The average Bonchev–Trinajstić information content (AvgIpc) is 2.88. The van der Waals surface area contributed by atoms with Crippen molar-refractivity contribution in [3.05, 3.63) is 30.0 Å². The van der Waals surface area contributed by atoms with Crippen LogP contribution < -0.4 is 10.5 Å². The molecule has 5 nitrogen and oxygen atoms in total. The van der Waals surface area contributed by atoms with Crippen LogP contribution in [-0.2, 0) is 0 Å². The lowest BCUT2D eigenvalue weighted by Crippen LogP contribution is -2.29. The number of nitrogens with one attached hydrogen (secondary N) is 1. The van der Waals surface area contributed by atoms with Crippen molar-refractivity contribution in [1.82, 2.24) is 9.88 Å². The summed E-state index contributed by atoms with van der Waals surface area (Å²) in [5.74, 6) is 0.923. The predicted octanol–water partition coefficient (Wildman–Crippen LogP) is 2.67. The van der Waals surface area contributed by atoms with Crippen LogP contribution in [-0.4, -0.2) is 49.0 Å². The van der Waals surface area contributed by atoms with Gasteiger partial charge in [0.15, 0.2) is 5.78 Å². The maximum Gasteiger partial charge on any atom is 0.184 e. The van der Waals surface area contributed by atoms with Gasteiger partial charge in [-0.1, -0.05) is 20.8 Å². The molecule has 0 aliphatic carbocycles. The number of nitrogens with zero attached hydrogens (tertiary/aromatic N) is 1. The van der Waals surface area contributed by atoms with Crippen molar-refractivity contribution in [2.75, 3.05) is 33.3 Å². The number of Topliss-reactive ketones (excluding diaryl/α,β-unsaturated/α-hetero) is 1. The van der Waals surface area contributed by atoms with E-state index >= 15 is 0 Å². The molecule has 0 atom stereocenters. The maximum absolute atomic E-state index is 12.4. The minimum atomic E-state index is -0.395. The van der Waals surface area contributed by atoms with Crippen molar-refractivity contribution in [2.45, 2.75) is 20.8 Å². The normalized spacial score (nSPS) is 12.1. The maximum atomic E-state index is 12.4. The lowest BCUT2D eigenvalue weighted by molar-refractivity contribution is 0.0854. The Hall–Kier alpha value is -1.85. The molecule has 3 N–H and O–H groups in total. The predicted molar refractivity (Wildman–Crippen MR) is 94.1 cm³/mol. The first kappa shape index (κ1) is 17.5. The fraction of sp³-hybridized carbons (Fsp3) is 0.500. The summed E-state index contributed by atoms with van der Waals surface area (Å²) in [6, 6.07) is 7.74. The highest BCUT2D eigenvalue weighted by Gasteiger charge is 2.24. The highest BCUT2D eigenvalue weighted by molar-refractivity contribution is 6.02. The number of fused-ring (bicyclic) bond motifs is 1. The Bertz CT molecular complexity index is 670. The van der Waals surface area contributed by atoms with E-state index in [1.165, 1.54) is 0 Å². The molecule has 0 unspecified atom stereocenters. The van der Waals surface area contributed by atoms with Crippen molar-refractivity contribution in [3.63, 3.8) is 0 Å². The number of carbonyl (C=O) groups excluding carboxylic acids is 1. The number of benzene rings is 1. The SMILES string of the molecule is CN(CCN)CCOc1ccc2[nH]c(C(=O)C(C)(C)C)cc2c1. The van der Waals surface area contributed by atoms with E-state index in [0.717, 1.165) is 29.7 Å². The molecule has 0 saturated heterocycles. The lowest BCUT2D eigenvalue weighted by Gasteiger charge is -2.15. The molecule has 1 aromatic carbocycles. The number of H-pyrrole nitrogens is 1. The molecule has 1 aromatic heterocycles. The molecule has 0 radical (unpaired) electrons. The summed E-state index contributed by atoms with van der Waals surface area (Å²) in [7, 11) is 2.02. The van der Waals surface area contributed by atoms with Crippen molar-refractivity contribution in [2.24, 2.45) is 11.1 Å². The molecule has 2 rings (SSSR count). The molecule has 5 heteroatoms. The molecule has 0 amide bonds. The first-order chi connectivity index (χ1) is 10.8. The van der Waals surface area contributed by atoms with Gasteiger partial charge in [-0.15, -0.1) is 0 Å². The van der Waals surface area contributed by atoms with Gasteiger partial charge in [-0.05, 0) is 31.3 Å². The summed E-state index contributed by atoms with van der Waals surface area (Å²) in [6.45, 7) is 8.72. The largest absolute Gasteiger partial charge is 0.492 e. The zero-order valence-electron chi connectivity index (χ0n) is 14.5. The number of rotatable bonds is 7. The van der Waals surface area contributed by atoms with E-state index in [9.17, 15) is 4.79 Å². The molecule has 0 bridgehead atoms.